The van der Waals surface area contributed by atoms with Crippen molar-refractivity contribution >= 4 is 40.8 Å². The molecule has 0 atom stereocenters. The molecule has 0 aliphatic carbocycles. The van der Waals surface area contributed by atoms with E-state index in [1.807, 2.05) is 0 Å². The number of amides is 2. The highest BCUT2D eigenvalue weighted by molar-refractivity contribution is 6.30. The summed E-state index contributed by atoms with van der Waals surface area (Å²) < 4.78 is 13.8. The van der Waals surface area contributed by atoms with Gasteiger partial charge in [-0.25, -0.2) is 9.37 Å². The molecule has 9 heteroatoms. The first-order valence-electron chi connectivity index (χ1n) is 9.14. The number of nitrogens with one attached hydrogen (secondary N) is 3. The lowest BCUT2D eigenvalue weighted by molar-refractivity contribution is 0.102. The Hall–Kier alpha value is -3.78. The molecule has 0 bridgehead atoms. The molecule has 0 aliphatic heterocycles. The summed E-state index contributed by atoms with van der Waals surface area (Å²) in [6.45, 7) is 0. The van der Waals surface area contributed by atoms with Gasteiger partial charge >= 0.3 is 0 Å². The van der Waals surface area contributed by atoms with Gasteiger partial charge < -0.3 is 15.5 Å². The zero-order valence-electron chi connectivity index (χ0n) is 16.7. The lowest BCUT2D eigenvalue weighted by Gasteiger charge is -2.14. The van der Waals surface area contributed by atoms with Crippen molar-refractivity contribution in [1.82, 2.24) is 9.88 Å². The van der Waals surface area contributed by atoms with Crippen LogP contribution in [0.15, 0.2) is 60.8 Å². The molecule has 3 rings (SSSR count). The number of carbonyl (C=O) groups excluding carboxylic acids is 2. The van der Waals surface area contributed by atoms with Gasteiger partial charge in [0, 0.05) is 31.4 Å². The summed E-state index contributed by atoms with van der Waals surface area (Å²) in [6, 6.07) is 13.0. The Morgan fingerprint density at radius 2 is 1.65 bits per heavy atom. The number of carbonyl (C=O) groups is 2. The molecule has 1 aromatic heterocycles. The number of halogens is 2. The highest BCUT2D eigenvalue weighted by atomic mass is 35.5. The van der Waals surface area contributed by atoms with E-state index in [1.54, 1.807) is 49.3 Å². The van der Waals surface area contributed by atoms with Gasteiger partial charge in [-0.3, -0.25) is 15.0 Å². The summed E-state index contributed by atoms with van der Waals surface area (Å²) >= 11 is 5.78. The summed E-state index contributed by atoms with van der Waals surface area (Å²) in [4.78, 5) is 30.9. The number of pyridine rings is 1. The summed E-state index contributed by atoms with van der Waals surface area (Å²) in [5.74, 6) is -1.21. The second kappa shape index (κ2) is 9.36. The molecule has 0 saturated carbocycles. The van der Waals surface area contributed by atoms with E-state index in [1.165, 1.54) is 18.3 Å². The quantitative estimate of drug-likeness (QED) is 0.408. The fourth-order valence-corrected chi connectivity index (χ4v) is 2.79. The van der Waals surface area contributed by atoms with Gasteiger partial charge in [0.05, 0.1) is 16.3 Å². The van der Waals surface area contributed by atoms with Crippen molar-refractivity contribution in [2.75, 3.05) is 24.7 Å². The van der Waals surface area contributed by atoms with E-state index < -0.39 is 17.6 Å². The molecule has 31 heavy (non-hydrogen) atoms. The minimum absolute atomic E-state index is 0.0592. The van der Waals surface area contributed by atoms with Crippen LogP contribution < -0.4 is 10.6 Å². The number of benzene rings is 2. The van der Waals surface area contributed by atoms with E-state index in [0.29, 0.717) is 22.0 Å². The monoisotopic (exact) mass is 439 g/mol. The molecule has 2 aromatic carbocycles. The van der Waals surface area contributed by atoms with Crippen LogP contribution in [-0.2, 0) is 0 Å². The Kier molecular flexibility index (Phi) is 6.61. The third kappa shape index (κ3) is 5.43. The van der Waals surface area contributed by atoms with Gasteiger partial charge in [-0.05, 0) is 42.5 Å². The molecule has 3 N–H and O–H groups in total. The molecular formula is C22H19ClFN5O2. The SMILES string of the molecule is CN(C)C(=N)c1ccc(C(=O)Nc2ccc(F)cc2C(=O)Nc2ccc(Cl)cn2)cc1. The summed E-state index contributed by atoms with van der Waals surface area (Å²) in [7, 11) is 3.51. The average molecular weight is 440 g/mol. The maximum absolute atomic E-state index is 13.8. The van der Waals surface area contributed by atoms with Crippen molar-refractivity contribution in [2.24, 2.45) is 0 Å². The number of hydrogen-bond donors (Lipinski definition) is 3. The summed E-state index contributed by atoms with van der Waals surface area (Å²) in [5.41, 5.74) is 1.06. The maximum Gasteiger partial charge on any atom is 0.259 e. The Balaban J connectivity index is 1.80. The predicted octanol–water partition coefficient (Wildman–Crippen LogP) is 4.27. The molecule has 7 nitrogen and oxygen atoms in total. The molecule has 0 unspecified atom stereocenters. The Bertz CT molecular complexity index is 1130. The molecule has 1 heterocycles. The van der Waals surface area contributed by atoms with Crippen LogP contribution in [0.5, 0.6) is 0 Å². The van der Waals surface area contributed by atoms with Crippen molar-refractivity contribution in [3.63, 3.8) is 0 Å². The van der Waals surface area contributed by atoms with Crippen LogP contribution >= 0.6 is 11.6 Å². The van der Waals surface area contributed by atoms with E-state index in [4.69, 9.17) is 17.0 Å². The molecule has 0 spiro atoms. The van der Waals surface area contributed by atoms with Gasteiger partial charge in [0.15, 0.2) is 0 Å². The lowest BCUT2D eigenvalue weighted by atomic mass is 10.1. The van der Waals surface area contributed by atoms with Crippen LogP contribution in [0.2, 0.25) is 5.02 Å². The number of anilines is 2. The normalized spacial score (nSPS) is 10.3. The molecule has 0 radical (unpaired) electrons. The second-order valence-corrected chi connectivity index (χ2v) is 7.22. The van der Waals surface area contributed by atoms with Gasteiger partial charge in [-0.2, -0.15) is 0 Å². The zero-order chi connectivity index (χ0) is 22.5. The maximum atomic E-state index is 13.8. The minimum Gasteiger partial charge on any atom is -0.363 e. The van der Waals surface area contributed by atoms with Gasteiger partial charge in [-0.15, -0.1) is 0 Å². The third-order valence-corrected chi connectivity index (χ3v) is 4.53. The molecule has 158 valence electrons. The molecule has 2 amide bonds. The van der Waals surface area contributed by atoms with Crippen LogP contribution in [0.25, 0.3) is 0 Å². The topological polar surface area (TPSA) is 98.2 Å². The molecule has 0 aliphatic rings. The van der Waals surface area contributed by atoms with Crippen molar-refractivity contribution in [2.45, 2.75) is 0 Å². The van der Waals surface area contributed by atoms with Crippen LogP contribution in [0.3, 0.4) is 0 Å². The van der Waals surface area contributed by atoms with Gasteiger partial charge in [0.1, 0.15) is 17.5 Å². The third-order valence-electron chi connectivity index (χ3n) is 4.31. The highest BCUT2D eigenvalue weighted by Crippen LogP contribution is 2.20. The highest BCUT2D eigenvalue weighted by Gasteiger charge is 2.17. The van der Waals surface area contributed by atoms with E-state index in [0.717, 1.165) is 12.1 Å². The van der Waals surface area contributed by atoms with Crippen molar-refractivity contribution in [1.29, 1.82) is 5.41 Å². The molecular weight excluding hydrogens is 421 g/mol. The van der Waals surface area contributed by atoms with Crippen molar-refractivity contribution in [3.05, 3.63) is 88.3 Å². The Labute approximate surface area is 183 Å². The number of hydrogen-bond acceptors (Lipinski definition) is 4. The Morgan fingerprint density at radius 3 is 2.26 bits per heavy atom. The van der Waals surface area contributed by atoms with E-state index in [9.17, 15) is 14.0 Å². The van der Waals surface area contributed by atoms with Crippen molar-refractivity contribution in [3.8, 4) is 0 Å². The fraction of sp³-hybridized carbons (Fsp3) is 0.0909. The van der Waals surface area contributed by atoms with Crippen molar-refractivity contribution < 1.29 is 14.0 Å². The summed E-state index contributed by atoms with van der Waals surface area (Å²) in [5, 5.41) is 13.6. The van der Waals surface area contributed by atoms with E-state index in [2.05, 4.69) is 15.6 Å². The standard InChI is InChI=1S/C22H19ClFN5O2/c1-29(2)20(25)13-3-5-14(6-4-13)21(30)27-18-9-8-16(24)11-17(18)22(31)28-19-10-7-15(23)12-26-19/h3-12,25H,1-2H3,(H,27,30)(H,26,28,31). The lowest BCUT2D eigenvalue weighted by Crippen LogP contribution is -2.22. The second-order valence-electron chi connectivity index (χ2n) is 6.78. The van der Waals surface area contributed by atoms with Crippen LogP contribution in [0.1, 0.15) is 26.3 Å². The van der Waals surface area contributed by atoms with Crippen LogP contribution in [0, 0.1) is 11.2 Å². The molecule has 3 aromatic rings. The number of nitrogens with zero attached hydrogens (tertiary/aromatic N) is 2. The Morgan fingerprint density at radius 1 is 0.968 bits per heavy atom. The fourth-order valence-electron chi connectivity index (χ4n) is 2.68. The van der Waals surface area contributed by atoms with Gasteiger partial charge in [0.25, 0.3) is 11.8 Å². The first kappa shape index (κ1) is 21.9. The first-order valence-corrected chi connectivity index (χ1v) is 9.52. The van der Waals surface area contributed by atoms with E-state index >= 15 is 0 Å². The summed E-state index contributed by atoms with van der Waals surface area (Å²) in [6.07, 6.45) is 1.37. The molecule has 0 fully saturated rings. The molecule has 0 saturated heterocycles. The average Bonchev–Trinajstić information content (AvgIpc) is 2.76. The minimum atomic E-state index is -0.639. The number of amidine groups is 1. The largest absolute Gasteiger partial charge is 0.363 e. The van der Waals surface area contributed by atoms with E-state index in [-0.39, 0.29) is 17.1 Å². The van der Waals surface area contributed by atoms with Gasteiger partial charge in [-0.1, -0.05) is 23.7 Å². The smallest absolute Gasteiger partial charge is 0.259 e. The zero-order valence-corrected chi connectivity index (χ0v) is 17.5. The first-order chi connectivity index (χ1) is 14.7. The van der Waals surface area contributed by atoms with Gasteiger partial charge in [0.2, 0.25) is 0 Å². The number of rotatable bonds is 5. The number of aromatic nitrogens is 1. The predicted molar refractivity (Wildman–Crippen MR) is 119 cm³/mol. The van der Waals surface area contributed by atoms with Crippen LogP contribution in [0.4, 0.5) is 15.9 Å². The van der Waals surface area contributed by atoms with Crippen LogP contribution in [-0.4, -0.2) is 41.6 Å².